The molecule has 0 bridgehead atoms. The van der Waals surface area contributed by atoms with Crippen LogP contribution in [0.25, 0.3) is 0 Å². The van der Waals surface area contributed by atoms with Crippen molar-refractivity contribution in [1.29, 1.82) is 0 Å². The van der Waals surface area contributed by atoms with Crippen LogP contribution in [-0.4, -0.2) is 17.4 Å². The van der Waals surface area contributed by atoms with Gasteiger partial charge in [-0.1, -0.05) is 23.7 Å². The lowest BCUT2D eigenvalue weighted by atomic mass is 10.1. The Bertz CT molecular complexity index is 754. The molecule has 0 unspecified atom stereocenters. The zero-order valence-corrected chi connectivity index (χ0v) is 14.2. The van der Waals surface area contributed by atoms with E-state index in [1.54, 1.807) is 19.1 Å². The molecule has 0 atom stereocenters. The van der Waals surface area contributed by atoms with Crippen molar-refractivity contribution < 1.29 is 9.72 Å². The summed E-state index contributed by atoms with van der Waals surface area (Å²) in [5.41, 5.74) is 2.79. The topological polar surface area (TPSA) is 84.3 Å². The lowest BCUT2D eigenvalue weighted by Gasteiger charge is -2.12. The summed E-state index contributed by atoms with van der Waals surface area (Å²) in [5, 5.41) is 17.1. The fourth-order valence-electron chi connectivity index (χ4n) is 2.33. The summed E-state index contributed by atoms with van der Waals surface area (Å²) in [5.74, 6) is -0.121. The molecule has 0 radical (unpaired) electrons. The molecule has 2 aromatic carbocycles. The molecule has 0 aliphatic heterocycles. The quantitative estimate of drug-likeness (QED) is 0.612. The number of nitrogens with zero attached hydrogens (tertiary/aromatic N) is 1. The van der Waals surface area contributed by atoms with E-state index in [2.05, 4.69) is 10.6 Å². The van der Waals surface area contributed by atoms with Crippen molar-refractivity contribution >= 4 is 28.9 Å². The van der Waals surface area contributed by atoms with Gasteiger partial charge in [0.05, 0.1) is 15.6 Å². The van der Waals surface area contributed by atoms with Gasteiger partial charge in [-0.3, -0.25) is 14.9 Å². The smallest absolute Gasteiger partial charge is 0.271 e. The molecular weight excluding hydrogens is 330 g/mol. The molecule has 0 fully saturated rings. The molecule has 0 spiro atoms. The molecular formula is C17H18ClN3O3. The van der Waals surface area contributed by atoms with E-state index in [1.807, 2.05) is 19.1 Å². The Morgan fingerprint density at radius 2 is 2.04 bits per heavy atom. The molecule has 2 aromatic rings. The van der Waals surface area contributed by atoms with Crippen LogP contribution >= 0.6 is 11.6 Å². The number of nitro groups is 1. The number of hydrogen-bond acceptors (Lipinski definition) is 4. The second-order valence-corrected chi connectivity index (χ2v) is 5.70. The van der Waals surface area contributed by atoms with Gasteiger partial charge in [-0.25, -0.2) is 0 Å². The van der Waals surface area contributed by atoms with E-state index >= 15 is 0 Å². The number of nitrogens with one attached hydrogen (secondary N) is 2. The SMILES string of the molecule is CCNC(=O)c1cccc(CNc2c(C)cc([N+](=O)[O-])cc2Cl)c1. The first-order valence-corrected chi connectivity index (χ1v) is 7.85. The first-order valence-electron chi connectivity index (χ1n) is 7.48. The second kappa shape index (κ2) is 7.79. The highest BCUT2D eigenvalue weighted by molar-refractivity contribution is 6.33. The van der Waals surface area contributed by atoms with Crippen molar-refractivity contribution in [3.63, 3.8) is 0 Å². The average Bonchev–Trinajstić information content (AvgIpc) is 2.54. The Kier molecular flexibility index (Phi) is 5.76. The molecule has 0 aliphatic carbocycles. The lowest BCUT2D eigenvalue weighted by Crippen LogP contribution is -2.22. The molecule has 0 heterocycles. The molecule has 2 N–H and O–H groups in total. The van der Waals surface area contributed by atoms with E-state index in [1.165, 1.54) is 12.1 Å². The van der Waals surface area contributed by atoms with Gasteiger partial charge >= 0.3 is 0 Å². The molecule has 0 saturated heterocycles. The summed E-state index contributed by atoms with van der Waals surface area (Å²) in [6.07, 6.45) is 0. The van der Waals surface area contributed by atoms with Crippen molar-refractivity contribution in [2.24, 2.45) is 0 Å². The number of non-ortho nitro benzene ring substituents is 1. The Balaban J connectivity index is 2.15. The average molecular weight is 348 g/mol. The summed E-state index contributed by atoms with van der Waals surface area (Å²) in [7, 11) is 0. The molecule has 0 aliphatic rings. The maximum Gasteiger partial charge on any atom is 0.271 e. The van der Waals surface area contributed by atoms with Crippen LogP contribution in [0.2, 0.25) is 5.02 Å². The number of anilines is 1. The number of hydrogen-bond donors (Lipinski definition) is 2. The Morgan fingerprint density at radius 3 is 2.67 bits per heavy atom. The van der Waals surface area contributed by atoms with Crippen molar-refractivity contribution in [3.05, 3.63) is 68.2 Å². The predicted octanol–water partition coefficient (Wildman–Crippen LogP) is 3.92. The highest BCUT2D eigenvalue weighted by atomic mass is 35.5. The Labute approximate surface area is 145 Å². The molecule has 2 rings (SSSR count). The summed E-state index contributed by atoms with van der Waals surface area (Å²) in [6.45, 7) is 4.64. The molecule has 24 heavy (non-hydrogen) atoms. The van der Waals surface area contributed by atoms with Gasteiger partial charge in [0.25, 0.3) is 11.6 Å². The minimum atomic E-state index is -0.474. The number of rotatable bonds is 6. The molecule has 6 nitrogen and oxygen atoms in total. The predicted molar refractivity (Wildman–Crippen MR) is 94.6 cm³/mol. The van der Waals surface area contributed by atoms with Gasteiger partial charge in [0.15, 0.2) is 0 Å². The number of aryl methyl sites for hydroxylation is 1. The van der Waals surface area contributed by atoms with Crippen molar-refractivity contribution in [1.82, 2.24) is 5.32 Å². The molecule has 0 aromatic heterocycles. The number of benzene rings is 2. The lowest BCUT2D eigenvalue weighted by molar-refractivity contribution is -0.384. The summed E-state index contributed by atoms with van der Waals surface area (Å²) < 4.78 is 0. The van der Waals surface area contributed by atoms with Crippen molar-refractivity contribution in [2.45, 2.75) is 20.4 Å². The van der Waals surface area contributed by atoms with Crippen LogP contribution in [0.4, 0.5) is 11.4 Å². The Morgan fingerprint density at radius 1 is 1.29 bits per heavy atom. The summed E-state index contributed by atoms with van der Waals surface area (Å²) in [6, 6.07) is 10.0. The van der Waals surface area contributed by atoms with Crippen molar-refractivity contribution in [3.8, 4) is 0 Å². The number of carbonyl (C=O) groups excluding carboxylic acids is 1. The fourth-order valence-corrected chi connectivity index (χ4v) is 2.66. The summed E-state index contributed by atoms with van der Waals surface area (Å²) >= 11 is 6.14. The first kappa shape index (κ1) is 17.7. The van der Waals surface area contributed by atoms with Gasteiger partial charge in [0, 0.05) is 30.8 Å². The number of amides is 1. The van der Waals surface area contributed by atoms with E-state index in [9.17, 15) is 14.9 Å². The number of nitro benzene ring substituents is 1. The highest BCUT2D eigenvalue weighted by Crippen LogP contribution is 2.31. The zero-order chi connectivity index (χ0) is 17.7. The molecule has 1 amide bonds. The van der Waals surface area contributed by atoms with Crippen LogP contribution < -0.4 is 10.6 Å². The van der Waals surface area contributed by atoms with E-state index in [0.29, 0.717) is 34.9 Å². The summed E-state index contributed by atoms with van der Waals surface area (Å²) in [4.78, 5) is 22.2. The van der Waals surface area contributed by atoms with E-state index in [4.69, 9.17) is 11.6 Å². The molecule has 7 heteroatoms. The van der Waals surface area contributed by atoms with Gasteiger partial charge in [-0.15, -0.1) is 0 Å². The van der Waals surface area contributed by atoms with E-state index in [-0.39, 0.29) is 11.6 Å². The van der Waals surface area contributed by atoms with E-state index < -0.39 is 4.92 Å². The fraction of sp³-hybridized carbons (Fsp3) is 0.235. The van der Waals surface area contributed by atoms with Crippen LogP contribution in [-0.2, 0) is 6.54 Å². The largest absolute Gasteiger partial charge is 0.380 e. The van der Waals surface area contributed by atoms with Gasteiger partial charge in [-0.05, 0) is 37.1 Å². The normalized spacial score (nSPS) is 10.3. The first-order chi connectivity index (χ1) is 11.4. The number of halogens is 1. The standard InChI is InChI=1S/C17H18ClN3O3/c1-3-19-17(22)13-6-4-5-12(8-13)10-20-16-11(2)7-14(21(23)24)9-15(16)18/h4-9,20H,3,10H2,1-2H3,(H,19,22). The van der Waals surface area contributed by atoms with Crippen LogP contribution in [0.5, 0.6) is 0 Å². The monoisotopic (exact) mass is 347 g/mol. The minimum Gasteiger partial charge on any atom is -0.380 e. The molecule has 126 valence electrons. The van der Waals surface area contributed by atoms with Gasteiger partial charge in [0.1, 0.15) is 0 Å². The highest BCUT2D eigenvalue weighted by Gasteiger charge is 2.13. The zero-order valence-electron chi connectivity index (χ0n) is 13.4. The van der Waals surface area contributed by atoms with Gasteiger partial charge in [-0.2, -0.15) is 0 Å². The van der Waals surface area contributed by atoms with Crippen molar-refractivity contribution in [2.75, 3.05) is 11.9 Å². The van der Waals surface area contributed by atoms with Crippen LogP contribution in [0.3, 0.4) is 0 Å². The third-order valence-corrected chi connectivity index (χ3v) is 3.78. The van der Waals surface area contributed by atoms with E-state index in [0.717, 1.165) is 5.56 Å². The van der Waals surface area contributed by atoms with Gasteiger partial charge in [0.2, 0.25) is 0 Å². The third kappa shape index (κ3) is 4.23. The van der Waals surface area contributed by atoms with Crippen LogP contribution in [0.15, 0.2) is 36.4 Å². The maximum absolute atomic E-state index is 11.9. The minimum absolute atomic E-state index is 0.0405. The second-order valence-electron chi connectivity index (χ2n) is 5.29. The number of carbonyl (C=O) groups is 1. The van der Waals surface area contributed by atoms with Gasteiger partial charge < -0.3 is 10.6 Å². The van der Waals surface area contributed by atoms with Crippen LogP contribution in [0, 0.1) is 17.0 Å². The third-order valence-electron chi connectivity index (χ3n) is 3.48. The Hall–Kier alpha value is -2.60. The van der Waals surface area contributed by atoms with Crippen LogP contribution in [0.1, 0.15) is 28.4 Å². The molecule has 0 saturated carbocycles. The maximum atomic E-state index is 11.9.